The lowest BCUT2D eigenvalue weighted by atomic mass is 10.1. The molecule has 0 bridgehead atoms. The number of amides is 1. The molecular formula is C23H25ClN2O5. The van der Waals surface area contributed by atoms with Gasteiger partial charge in [0.15, 0.2) is 5.76 Å². The molecule has 1 atom stereocenters. The van der Waals surface area contributed by atoms with Gasteiger partial charge >= 0.3 is 11.9 Å². The van der Waals surface area contributed by atoms with E-state index < -0.39 is 12.7 Å². The number of hydrogen-bond acceptors (Lipinski definition) is 6. The Bertz CT molecular complexity index is 1010. The van der Waals surface area contributed by atoms with E-state index in [1.54, 1.807) is 24.3 Å². The molecule has 1 aliphatic rings. The van der Waals surface area contributed by atoms with Gasteiger partial charge in [0, 0.05) is 6.54 Å². The summed E-state index contributed by atoms with van der Waals surface area (Å²) in [5.74, 6) is 0.187. The molecule has 0 spiro atoms. The van der Waals surface area contributed by atoms with E-state index in [2.05, 4.69) is 4.99 Å². The van der Waals surface area contributed by atoms with Crippen molar-refractivity contribution in [3.05, 3.63) is 64.4 Å². The number of aliphatic hydroxyl groups excluding tert-OH is 2. The number of anilines is 1. The number of carbonyl (C=O) groups excluding carboxylic acids is 1. The van der Waals surface area contributed by atoms with E-state index in [-0.39, 0.29) is 24.3 Å². The van der Waals surface area contributed by atoms with Crippen LogP contribution in [0.4, 0.5) is 5.69 Å². The summed E-state index contributed by atoms with van der Waals surface area (Å²) in [5, 5.41) is 18.6. The molecule has 1 aliphatic heterocycles. The molecule has 8 heteroatoms. The molecule has 0 aliphatic carbocycles. The normalized spacial score (nSPS) is 17.3. The predicted molar refractivity (Wildman–Crippen MR) is 120 cm³/mol. The van der Waals surface area contributed by atoms with Crippen molar-refractivity contribution >= 4 is 35.3 Å². The molecule has 2 aromatic carbocycles. The van der Waals surface area contributed by atoms with Crippen LogP contribution < -0.4 is 9.64 Å². The van der Waals surface area contributed by atoms with Crippen LogP contribution in [0, 0.1) is 6.92 Å². The van der Waals surface area contributed by atoms with Crippen LogP contribution >= 0.6 is 11.6 Å². The number of ether oxygens (including phenoxy) is 2. The molecule has 1 unspecified atom stereocenters. The van der Waals surface area contributed by atoms with Crippen molar-refractivity contribution in [1.82, 2.24) is 0 Å². The summed E-state index contributed by atoms with van der Waals surface area (Å²) in [4.78, 5) is 19.1. The first-order valence-electron chi connectivity index (χ1n) is 10.00. The molecular weight excluding hydrogens is 420 g/mol. The maximum Gasteiger partial charge on any atom is 0.305 e. The molecule has 2 N–H and O–H groups in total. The largest absolute Gasteiger partial charge is 0.489 e. The number of hydrogen-bond donors (Lipinski definition) is 2. The van der Waals surface area contributed by atoms with Gasteiger partial charge in [-0.2, -0.15) is 0 Å². The summed E-state index contributed by atoms with van der Waals surface area (Å²) in [7, 11) is 0. The Hall–Kier alpha value is -2.87. The highest BCUT2D eigenvalue weighted by Crippen LogP contribution is 2.31. The summed E-state index contributed by atoms with van der Waals surface area (Å²) in [6.07, 6.45) is 1.43. The molecule has 1 saturated heterocycles. The summed E-state index contributed by atoms with van der Waals surface area (Å²) in [6.45, 7) is 3.98. The highest BCUT2D eigenvalue weighted by atomic mass is 35.5. The van der Waals surface area contributed by atoms with Gasteiger partial charge in [0.25, 0.3) is 0 Å². The number of halogens is 1. The van der Waals surface area contributed by atoms with Gasteiger partial charge in [0.05, 0.1) is 17.3 Å². The zero-order valence-corrected chi connectivity index (χ0v) is 18.2. The second-order valence-corrected chi connectivity index (χ2v) is 7.45. The van der Waals surface area contributed by atoms with Gasteiger partial charge < -0.3 is 19.7 Å². The van der Waals surface area contributed by atoms with E-state index in [1.165, 1.54) is 4.90 Å². The molecule has 1 heterocycles. The number of para-hydroxylation sites is 1. The van der Waals surface area contributed by atoms with Crippen LogP contribution in [0.2, 0.25) is 5.02 Å². The van der Waals surface area contributed by atoms with E-state index in [0.717, 1.165) is 17.7 Å². The summed E-state index contributed by atoms with van der Waals surface area (Å²) in [6, 6.07) is 12.8. The monoisotopic (exact) mass is 444 g/mol. The molecule has 31 heavy (non-hydrogen) atoms. The Labute approximate surface area is 186 Å². The van der Waals surface area contributed by atoms with E-state index in [1.807, 2.05) is 38.1 Å². The zero-order chi connectivity index (χ0) is 22.4. The minimum Gasteiger partial charge on any atom is -0.489 e. The van der Waals surface area contributed by atoms with Crippen molar-refractivity contribution in [2.45, 2.75) is 26.4 Å². The van der Waals surface area contributed by atoms with Crippen molar-refractivity contribution in [3.63, 3.8) is 0 Å². The third kappa shape index (κ3) is 5.44. The van der Waals surface area contributed by atoms with Crippen molar-refractivity contribution in [3.8, 4) is 5.75 Å². The first-order valence-corrected chi connectivity index (χ1v) is 10.4. The number of aliphatic imine (C=N–C) groups is 1. The third-order valence-corrected chi connectivity index (χ3v) is 4.82. The van der Waals surface area contributed by atoms with Gasteiger partial charge in [0.1, 0.15) is 18.5 Å². The number of rotatable bonds is 8. The van der Waals surface area contributed by atoms with Crippen LogP contribution in [0.15, 0.2) is 53.2 Å². The number of aryl methyl sites for hydroxylation is 1. The van der Waals surface area contributed by atoms with Gasteiger partial charge in [-0.3, -0.25) is 4.79 Å². The quantitative estimate of drug-likeness (QED) is 0.607. The van der Waals surface area contributed by atoms with Crippen molar-refractivity contribution in [2.75, 3.05) is 24.7 Å². The molecule has 1 fully saturated rings. The first kappa shape index (κ1) is 22.8. The number of amidine groups is 1. The highest BCUT2D eigenvalue weighted by molar-refractivity contribution is 6.32. The lowest BCUT2D eigenvalue weighted by Crippen LogP contribution is -2.30. The molecule has 2 aromatic rings. The van der Waals surface area contributed by atoms with Gasteiger partial charge in [-0.05, 0) is 48.7 Å². The topological polar surface area (TPSA) is 91.6 Å². The lowest BCUT2D eigenvalue weighted by molar-refractivity contribution is -0.114. The minimum atomic E-state index is -0.990. The van der Waals surface area contributed by atoms with Crippen LogP contribution in [0.1, 0.15) is 24.5 Å². The standard InChI is InChI=1S/C23H25ClN2O5/c1-3-10-25-23-26(19-7-5-4-6-15(19)2)22(29)21(31-23)12-16-8-9-20(18(24)11-16)30-14-17(28)13-27/h4-9,11-12,17,27-28H,3,10,13-14H2,1-2H3/b21-12-,25-23?. The fraction of sp³-hybridized carbons (Fsp3) is 0.304. The van der Waals surface area contributed by atoms with E-state index >= 15 is 0 Å². The molecule has 164 valence electrons. The molecule has 0 saturated carbocycles. The molecule has 3 rings (SSSR count). The summed E-state index contributed by atoms with van der Waals surface area (Å²) in [5.41, 5.74) is 2.29. The van der Waals surface area contributed by atoms with Crippen molar-refractivity contribution in [2.24, 2.45) is 4.99 Å². The van der Waals surface area contributed by atoms with Crippen LogP contribution in [-0.4, -0.2) is 48.0 Å². The van der Waals surface area contributed by atoms with Gasteiger partial charge in [-0.25, -0.2) is 9.89 Å². The average molecular weight is 445 g/mol. The third-order valence-electron chi connectivity index (χ3n) is 4.53. The van der Waals surface area contributed by atoms with Gasteiger partial charge in [0.2, 0.25) is 0 Å². The van der Waals surface area contributed by atoms with Crippen LogP contribution in [0.5, 0.6) is 5.75 Å². The predicted octanol–water partition coefficient (Wildman–Crippen LogP) is 3.55. The molecule has 0 aromatic heterocycles. The maximum absolute atomic E-state index is 13.1. The average Bonchev–Trinajstić information content (AvgIpc) is 3.06. The Balaban J connectivity index is 1.88. The zero-order valence-electron chi connectivity index (χ0n) is 17.4. The van der Waals surface area contributed by atoms with Crippen LogP contribution in [0.25, 0.3) is 6.08 Å². The maximum atomic E-state index is 13.1. The number of aliphatic hydroxyl groups is 2. The Morgan fingerprint density at radius 3 is 2.74 bits per heavy atom. The molecule has 0 radical (unpaired) electrons. The summed E-state index contributed by atoms with van der Waals surface area (Å²) < 4.78 is 11.2. The SMILES string of the molecule is CCCN=C1O/C(=C\c2ccc(OCC(O)CO)c(Cl)c2)C(=O)N1c1ccccc1C. The molecule has 7 nitrogen and oxygen atoms in total. The van der Waals surface area contributed by atoms with E-state index in [4.69, 9.17) is 26.2 Å². The smallest absolute Gasteiger partial charge is 0.305 e. The summed E-state index contributed by atoms with van der Waals surface area (Å²) >= 11 is 6.26. The first-order chi connectivity index (χ1) is 14.9. The number of carbonyl (C=O) groups is 1. The minimum absolute atomic E-state index is 0.0824. The highest BCUT2D eigenvalue weighted by Gasteiger charge is 2.36. The van der Waals surface area contributed by atoms with Crippen molar-refractivity contribution < 1.29 is 24.5 Å². The van der Waals surface area contributed by atoms with Gasteiger partial charge in [-0.15, -0.1) is 0 Å². The van der Waals surface area contributed by atoms with Crippen LogP contribution in [0.3, 0.4) is 0 Å². The molecule has 1 amide bonds. The number of benzene rings is 2. The van der Waals surface area contributed by atoms with E-state index in [9.17, 15) is 9.90 Å². The van der Waals surface area contributed by atoms with E-state index in [0.29, 0.717) is 22.9 Å². The van der Waals surface area contributed by atoms with Gasteiger partial charge in [-0.1, -0.05) is 42.8 Å². The fourth-order valence-corrected chi connectivity index (χ4v) is 3.17. The van der Waals surface area contributed by atoms with Crippen molar-refractivity contribution in [1.29, 1.82) is 0 Å². The second-order valence-electron chi connectivity index (χ2n) is 7.04. The Morgan fingerprint density at radius 2 is 2.06 bits per heavy atom. The Kier molecular flexibility index (Phi) is 7.68. The fourth-order valence-electron chi connectivity index (χ4n) is 2.93. The Morgan fingerprint density at radius 1 is 1.29 bits per heavy atom. The second kappa shape index (κ2) is 10.4. The lowest BCUT2D eigenvalue weighted by Gasteiger charge is -2.15. The van der Waals surface area contributed by atoms with Crippen LogP contribution in [-0.2, 0) is 9.53 Å². The number of nitrogens with zero attached hydrogens (tertiary/aromatic N) is 2.